The van der Waals surface area contributed by atoms with Gasteiger partial charge in [-0.15, -0.1) is 0 Å². The van der Waals surface area contributed by atoms with Crippen molar-refractivity contribution in [3.8, 4) is 0 Å². The summed E-state index contributed by atoms with van der Waals surface area (Å²) in [4.78, 5) is 22.7. The van der Waals surface area contributed by atoms with Crippen LogP contribution in [0.15, 0.2) is 0 Å². The predicted octanol–water partition coefficient (Wildman–Crippen LogP) is -0.256. The van der Waals surface area contributed by atoms with E-state index >= 15 is 0 Å². The van der Waals surface area contributed by atoms with Gasteiger partial charge in [0.2, 0.25) is 5.91 Å². The van der Waals surface area contributed by atoms with Crippen molar-refractivity contribution in [1.29, 1.82) is 0 Å². The molecule has 0 aromatic heterocycles. The van der Waals surface area contributed by atoms with Crippen molar-refractivity contribution >= 4 is 21.7 Å². The lowest BCUT2D eigenvalue weighted by molar-refractivity contribution is -0.136. The minimum Gasteiger partial charge on any atom is -0.481 e. The molecule has 0 unspecified atom stereocenters. The quantitative estimate of drug-likeness (QED) is 0.673. The van der Waals surface area contributed by atoms with E-state index in [1.54, 1.807) is 14.1 Å². The van der Waals surface area contributed by atoms with Crippen molar-refractivity contribution in [3.05, 3.63) is 0 Å². The molecule has 94 valence electrons. The van der Waals surface area contributed by atoms with Crippen LogP contribution in [0.4, 0.5) is 0 Å². The molecule has 0 fully saturated rings. The zero-order valence-electron chi connectivity index (χ0n) is 9.47. The predicted molar refractivity (Wildman–Crippen MR) is 58.8 cm³/mol. The van der Waals surface area contributed by atoms with Crippen LogP contribution in [-0.2, 0) is 19.4 Å². The highest BCUT2D eigenvalue weighted by molar-refractivity contribution is 7.91. The van der Waals surface area contributed by atoms with Crippen molar-refractivity contribution in [3.63, 3.8) is 0 Å². The molecule has 7 heteroatoms. The number of hydrogen-bond acceptors (Lipinski definition) is 4. The van der Waals surface area contributed by atoms with Crippen LogP contribution in [0, 0.1) is 0 Å². The van der Waals surface area contributed by atoms with Crippen LogP contribution >= 0.6 is 0 Å². The summed E-state index contributed by atoms with van der Waals surface area (Å²) < 4.78 is 22.6. The van der Waals surface area contributed by atoms with Crippen LogP contribution in [0.25, 0.3) is 0 Å². The summed E-state index contributed by atoms with van der Waals surface area (Å²) >= 11 is 0. The summed E-state index contributed by atoms with van der Waals surface area (Å²) in [7, 11) is -0.153. The number of carbonyl (C=O) groups excluding carboxylic acids is 1. The number of aliphatic carboxylic acids is 1. The Morgan fingerprint density at radius 3 is 2.12 bits per heavy atom. The van der Waals surface area contributed by atoms with Gasteiger partial charge < -0.3 is 10.0 Å². The molecule has 16 heavy (non-hydrogen) atoms. The monoisotopic (exact) mass is 251 g/mol. The van der Waals surface area contributed by atoms with E-state index in [-0.39, 0.29) is 36.7 Å². The number of carboxylic acids is 1. The standard InChI is InChI=1S/C9H17NO5S/c1-10(2)8(11)4-3-6-16(14,15)7-5-9(12)13/h3-7H2,1-2H3,(H,12,13). The van der Waals surface area contributed by atoms with E-state index in [2.05, 4.69) is 0 Å². The van der Waals surface area contributed by atoms with E-state index in [1.165, 1.54) is 4.90 Å². The maximum atomic E-state index is 11.3. The third kappa shape index (κ3) is 7.22. The lowest BCUT2D eigenvalue weighted by Crippen LogP contribution is -2.22. The van der Waals surface area contributed by atoms with Gasteiger partial charge in [0.25, 0.3) is 0 Å². The van der Waals surface area contributed by atoms with E-state index in [0.29, 0.717) is 0 Å². The van der Waals surface area contributed by atoms with Gasteiger partial charge in [0.1, 0.15) is 0 Å². The largest absolute Gasteiger partial charge is 0.481 e. The third-order valence-electron chi connectivity index (χ3n) is 1.97. The number of carboxylic acid groups (broad SMARTS) is 1. The number of hydrogen-bond donors (Lipinski definition) is 1. The van der Waals surface area contributed by atoms with Gasteiger partial charge in [-0.05, 0) is 6.42 Å². The van der Waals surface area contributed by atoms with Crippen LogP contribution in [0.1, 0.15) is 19.3 Å². The SMILES string of the molecule is CN(C)C(=O)CCCS(=O)(=O)CCC(=O)O. The van der Waals surface area contributed by atoms with Crippen LogP contribution in [0.5, 0.6) is 0 Å². The fourth-order valence-corrected chi connectivity index (χ4v) is 2.29. The van der Waals surface area contributed by atoms with E-state index in [0.717, 1.165) is 0 Å². The van der Waals surface area contributed by atoms with Gasteiger partial charge in [0.15, 0.2) is 9.84 Å². The molecule has 0 aromatic rings. The van der Waals surface area contributed by atoms with Gasteiger partial charge in [-0.2, -0.15) is 0 Å². The normalized spacial score (nSPS) is 11.1. The van der Waals surface area contributed by atoms with Crippen molar-refractivity contribution < 1.29 is 23.1 Å². The van der Waals surface area contributed by atoms with Crippen molar-refractivity contribution in [2.24, 2.45) is 0 Å². The van der Waals surface area contributed by atoms with Crippen molar-refractivity contribution in [1.82, 2.24) is 4.90 Å². The Labute approximate surface area is 95.2 Å². The fourth-order valence-electron chi connectivity index (χ4n) is 1.01. The number of amides is 1. The van der Waals surface area contributed by atoms with Gasteiger partial charge in [0.05, 0.1) is 17.9 Å². The average molecular weight is 251 g/mol. The van der Waals surface area contributed by atoms with Gasteiger partial charge in [-0.1, -0.05) is 0 Å². The molecule has 0 aromatic carbocycles. The Kier molecular flexibility index (Phi) is 6.02. The molecular formula is C9H17NO5S. The maximum Gasteiger partial charge on any atom is 0.304 e. The molecule has 0 atom stereocenters. The van der Waals surface area contributed by atoms with Gasteiger partial charge in [0, 0.05) is 20.5 Å². The number of nitrogens with zero attached hydrogens (tertiary/aromatic N) is 1. The fraction of sp³-hybridized carbons (Fsp3) is 0.778. The highest BCUT2D eigenvalue weighted by atomic mass is 32.2. The summed E-state index contributed by atoms with van der Waals surface area (Å²) in [5.74, 6) is -1.76. The summed E-state index contributed by atoms with van der Waals surface area (Å²) in [6.45, 7) is 0. The summed E-state index contributed by atoms with van der Waals surface area (Å²) in [6, 6.07) is 0. The Bertz CT molecular complexity index is 347. The first-order chi connectivity index (χ1) is 7.24. The first-order valence-corrected chi connectivity index (χ1v) is 6.69. The van der Waals surface area contributed by atoms with E-state index in [4.69, 9.17) is 5.11 Å². The molecule has 6 nitrogen and oxygen atoms in total. The molecule has 0 heterocycles. The lowest BCUT2D eigenvalue weighted by Gasteiger charge is -2.09. The lowest BCUT2D eigenvalue weighted by atomic mass is 10.3. The molecule has 0 radical (unpaired) electrons. The molecule has 0 spiro atoms. The Balaban J connectivity index is 3.92. The van der Waals surface area contributed by atoms with Crippen LogP contribution < -0.4 is 0 Å². The van der Waals surface area contributed by atoms with Gasteiger partial charge in [-0.25, -0.2) is 8.42 Å². The van der Waals surface area contributed by atoms with E-state index in [1.807, 2.05) is 0 Å². The molecule has 0 bridgehead atoms. The molecule has 0 aliphatic carbocycles. The Morgan fingerprint density at radius 2 is 1.69 bits per heavy atom. The molecule has 0 aliphatic heterocycles. The van der Waals surface area contributed by atoms with Crippen molar-refractivity contribution in [2.75, 3.05) is 25.6 Å². The second-order valence-corrected chi connectivity index (χ2v) is 5.99. The Hall–Kier alpha value is -1.11. The number of sulfone groups is 1. The summed E-state index contributed by atoms with van der Waals surface area (Å²) in [6.07, 6.45) is 0.0161. The molecule has 1 N–H and O–H groups in total. The molecule has 0 saturated heterocycles. The summed E-state index contributed by atoms with van der Waals surface area (Å²) in [5.41, 5.74) is 0. The minimum atomic E-state index is -3.35. The summed E-state index contributed by atoms with van der Waals surface area (Å²) in [5, 5.41) is 8.34. The topological polar surface area (TPSA) is 91.8 Å². The molecule has 0 saturated carbocycles. The minimum absolute atomic E-state index is 0.131. The highest BCUT2D eigenvalue weighted by Crippen LogP contribution is 2.01. The molecule has 0 rings (SSSR count). The van der Waals surface area contributed by atoms with Crippen molar-refractivity contribution in [2.45, 2.75) is 19.3 Å². The zero-order valence-corrected chi connectivity index (χ0v) is 10.3. The number of carbonyl (C=O) groups is 2. The smallest absolute Gasteiger partial charge is 0.304 e. The zero-order chi connectivity index (χ0) is 12.8. The molecule has 1 amide bonds. The first kappa shape index (κ1) is 14.9. The average Bonchev–Trinajstić information content (AvgIpc) is 2.14. The maximum absolute atomic E-state index is 11.3. The Morgan fingerprint density at radius 1 is 1.12 bits per heavy atom. The third-order valence-corrected chi connectivity index (χ3v) is 3.71. The molecule has 0 aliphatic rings. The van der Waals surface area contributed by atoms with Crippen LogP contribution in [-0.4, -0.2) is 55.9 Å². The van der Waals surface area contributed by atoms with Crippen LogP contribution in [0.3, 0.4) is 0 Å². The number of rotatable bonds is 7. The second-order valence-electron chi connectivity index (χ2n) is 3.69. The van der Waals surface area contributed by atoms with Crippen LogP contribution in [0.2, 0.25) is 0 Å². The highest BCUT2D eigenvalue weighted by Gasteiger charge is 2.14. The first-order valence-electron chi connectivity index (χ1n) is 4.87. The van der Waals surface area contributed by atoms with Gasteiger partial charge in [-0.3, -0.25) is 9.59 Å². The van der Waals surface area contributed by atoms with Gasteiger partial charge >= 0.3 is 5.97 Å². The van der Waals surface area contributed by atoms with E-state index < -0.39 is 15.8 Å². The molecular weight excluding hydrogens is 234 g/mol. The van der Waals surface area contributed by atoms with E-state index in [9.17, 15) is 18.0 Å². The second kappa shape index (κ2) is 6.47.